The number of hydrogen-bond donors (Lipinski definition) is 6. The maximum absolute atomic E-state index is 12.9. The molecule has 0 amide bonds. The minimum atomic E-state index is -5.47. The van der Waals surface area contributed by atoms with Crippen molar-refractivity contribution in [2.45, 2.75) is 192 Å². The van der Waals surface area contributed by atoms with Gasteiger partial charge in [-0.3, -0.25) is 23.2 Å². The van der Waals surface area contributed by atoms with Crippen molar-refractivity contribution in [1.82, 2.24) is 9.55 Å². The maximum atomic E-state index is 12.9. The van der Waals surface area contributed by atoms with Gasteiger partial charge in [0.25, 0.3) is 0 Å². The number of aliphatic hydroxyl groups is 3. The molecule has 0 aliphatic carbocycles. The molecule has 1 fully saturated rings. The van der Waals surface area contributed by atoms with Gasteiger partial charge in [0, 0.05) is 19.0 Å². The van der Waals surface area contributed by atoms with Crippen molar-refractivity contribution < 1.29 is 71.4 Å². The average Bonchev–Trinajstić information content (AvgIpc) is 3.61. The van der Waals surface area contributed by atoms with E-state index in [2.05, 4.69) is 66.5 Å². The Morgan fingerprint density at radius 3 is 1.97 bits per heavy atom. The fourth-order valence-corrected chi connectivity index (χ4v) is 9.42. The SMILES string of the molecule is CC/C=C\C/C=C\C/C=C\C/C=C\C=C/C(O)C/C=C\CCC(=O)O[C@H](COC(=O)CCCCCCCCCCCCCCC(C)C)COP(=O)(O)OP(=O)(O)OC[C@H]1O[C@@H](n2ccc(N)nc2=O)[C@H](O)[C@@H]1O. The fourth-order valence-electron chi connectivity index (χ4n) is 7.31. The molecule has 0 bridgehead atoms. The van der Waals surface area contributed by atoms with E-state index in [0.29, 0.717) is 6.42 Å². The zero-order valence-electron chi connectivity index (χ0n) is 43.2. The van der Waals surface area contributed by atoms with Crippen LogP contribution in [0.15, 0.2) is 90.0 Å². The van der Waals surface area contributed by atoms with Crippen molar-refractivity contribution >= 4 is 33.4 Å². The summed E-state index contributed by atoms with van der Waals surface area (Å²) in [5.74, 6) is -0.722. The number of hydrogen-bond acceptors (Lipinski definition) is 16. The summed E-state index contributed by atoms with van der Waals surface area (Å²) in [4.78, 5) is 61.9. The number of carbonyl (C=O) groups excluding carboxylic acids is 2. The van der Waals surface area contributed by atoms with Gasteiger partial charge in [-0.1, -0.05) is 171 Å². The second kappa shape index (κ2) is 38.7. The predicted octanol–water partition coefficient (Wildman–Crippen LogP) is 9.72. The van der Waals surface area contributed by atoms with Gasteiger partial charge in [0.15, 0.2) is 12.3 Å². The lowest BCUT2D eigenvalue weighted by Crippen LogP contribution is -2.36. The highest BCUT2D eigenvalue weighted by atomic mass is 31.3. The Morgan fingerprint density at radius 2 is 1.36 bits per heavy atom. The first-order valence-corrected chi connectivity index (χ1v) is 28.9. The summed E-state index contributed by atoms with van der Waals surface area (Å²) >= 11 is 0. The number of phosphoric acid groups is 2. The molecule has 0 spiro atoms. The van der Waals surface area contributed by atoms with Gasteiger partial charge >= 0.3 is 33.3 Å². The zero-order chi connectivity index (χ0) is 53.7. The van der Waals surface area contributed by atoms with Crippen molar-refractivity contribution in [2.75, 3.05) is 25.6 Å². The van der Waals surface area contributed by atoms with Gasteiger partial charge in [0.1, 0.15) is 30.7 Å². The summed E-state index contributed by atoms with van der Waals surface area (Å²) in [5.41, 5.74) is 4.57. The first-order chi connectivity index (χ1) is 34.9. The molecule has 1 aromatic heterocycles. The number of allylic oxidation sites excluding steroid dienone is 10. The first-order valence-electron chi connectivity index (χ1n) is 25.9. The lowest BCUT2D eigenvalue weighted by molar-refractivity contribution is -0.161. The van der Waals surface area contributed by atoms with E-state index in [-0.39, 0.29) is 31.5 Å². The topological polar surface area (TPSA) is 286 Å². The van der Waals surface area contributed by atoms with Gasteiger partial charge < -0.3 is 45.1 Å². The first kappa shape index (κ1) is 65.3. The number of rotatable bonds is 41. The van der Waals surface area contributed by atoms with Gasteiger partial charge in [-0.15, -0.1) is 0 Å². The maximum Gasteiger partial charge on any atom is 0.481 e. The van der Waals surface area contributed by atoms with Gasteiger partial charge in [0.2, 0.25) is 0 Å². The second-order valence-electron chi connectivity index (χ2n) is 18.3. The third-order valence-electron chi connectivity index (χ3n) is 11.3. The molecule has 2 rings (SSSR count). The van der Waals surface area contributed by atoms with E-state index < -0.39 is 89.8 Å². The molecule has 0 radical (unpaired) electrons. The third-order valence-corrected chi connectivity index (χ3v) is 13.9. The Bertz CT molecular complexity index is 2040. The van der Waals surface area contributed by atoms with Gasteiger partial charge in [-0.25, -0.2) is 13.9 Å². The van der Waals surface area contributed by atoms with Crippen molar-refractivity contribution in [2.24, 2.45) is 5.92 Å². The van der Waals surface area contributed by atoms with Crippen molar-refractivity contribution in [3.05, 3.63) is 95.7 Å². The average molecular weight is 1070 g/mol. The van der Waals surface area contributed by atoms with E-state index in [1.807, 2.05) is 12.2 Å². The summed E-state index contributed by atoms with van der Waals surface area (Å²) in [6.07, 6.45) is 34.5. The zero-order valence-corrected chi connectivity index (χ0v) is 45.0. The molecule has 8 atom stereocenters. The van der Waals surface area contributed by atoms with Crippen LogP contribution in [0.3, 0.4) is 0 Å². The number of phosphoric ester groups is 2. The summed E-state index contributed by atoms with van der Waals surface area (Å²) in [7, 11) is -10.9. The standard InChI is InChI=1S/C52H85N3O16P2/c1-4-5-6-7-8-9-10-11-15-18-21-24-28-33-43(56)34-29-26-31-36-48(58)69-44(39-66-47(57)35-30-25-22-19-16-13-12-14-17-20-23-27-32-42(2)3)40-67-72(62,63)71-73(64,65)68-41-45-49(59)50(60)51(70-45)55-38-37-46(53)54-52(55)61/h5-6,8-9,11,15,21,24,26,28-29,33,37-38,42-45,49-51,56,59-60H,4,7,10,12-14,16-20,22-23,25,27,30-32,34-36,39-41H2,1-3H3,(H,62,63)(H,64,65)(H2,53,54,61)/b6-5-,9-8-,15-11-,24-21-,29-26-,33-28-/t43?,44-,45-,49-,50-,51-/m1/s1. The van der Waals surface area contributed by atoms with Crippen LogP contribution in [0.1, 0.15) is 162 Å². The van der Waals surface area contributed by atoms with Crippen molar-refractivity contribution in [3.8, 4) is 0 Å². The van der Waals surface area contributed by atoms with E-state index in [1.165, 1.54) is 57.4 Å². The van der Waals surface area contributed by atoms with Crippen LogP contribution >= 0.6 is 15.6 Å². The largest absolute Gasteiger partial charge is 0.481 e. The Kier molecular flexibility index (Phi) is 34.6. The van der Waals surface area contributed by atoms with Crippen molar-refractivity contribution in [1.29, 1.82) is 0 Å². The molecule has 1 aromatic rings. The summed E-state index contributed by atoms with van der Waals surface area (Å²) in [6.45, 7) is 4.17. The van der Waals surface area contributed by atoms with Crippen LogP contribution in [0.2, 0.25) is 0 Å². The number of anilines is 1. The lowest BCUT2D eigenvalue weighted by Gasteiger charge is -2.21. The van der Waals surface area contributed by atoms with Crippen LogP contribution in [0, 0.1) is 5.92 Å². The van der Waals surface area contributed by atoms with Crippen LogP contribution in [-0.2, 0) is 46.3 Å². The normalized spacial score (nSPS) is 20.1. The van der Waals surface area contributed by atoms with Crippen molar-refractivity contribution in [3.63, 3.8) is 0 Å². The summed E-state index contributed by atoms with van der Waals surface area (Å²) < 4.78 is 56.6. The van der Waals surface area contributed by atoms with E-state index in [0.717, 1.165) is 68.0 Å². The van der Waals surface area contributed by atoms with E-state index in [1.54, 1.807) is 24.3 Å². The highest BCUT2D eigenvalue weighted by Crippen LogP contribution is 2.60. The number of nitrogens with zero attached hydrogens (tertiary/aromatic N) is 2. The smallest absolute Gasteiger partial charge is 0.462 e. The number of ether oxygens (including phenoxy) is 3. The number of nitrogens with two attached hydrogens (primary N) is 1. The molecule has 0 saturated carbocycles. The lowest BCUT2D eigenvalue weighted by atomic mass is 10.0. The van der Waals surface area contributed by atoms with E-state index in [9.17, 15) is 48.6 Å². The van der Waals surface area contributed by atoms with Gasteiger partial charge in [-0.05, 0) is 56.9 Å². The number of aliphatic hydroxyl groups excluding tert-OH is 3. The highest BCUT2D eigenvalue weighted by Gasteiger charge is 2.46. The van der Waals surface area contributed by atoms with Crippen LogP contribution in [0.25, 0.3) is 0 Å². The molecule has 19 nitrogen and oxygen atoms in total. The monoisotopic (exact) mass is 1070 g/mol. The van der Waals surface area contributed by atoms with Gasteiger partial charge in [0.05, 0.1) is 19.3 Å². The minimum Gasteiger partial charge on any atom is -0.462 e. The Hall–Kier alpha value is -3.84. The Balaban J connectivity index is 1.86. The molecular weight excluding hydrogens is 985 g/mol. The van der Waals surface area contributed by atoms with Crippen LogP contribution in [0.4, 0.5) is 5.82 Å². The number of unbranched alkanes of at least 4 members (excludes halogenated alkanes) is 11. The number of carbonyl (C=O) groups is 2. The van der Waals surface area contributed by atoms with E-state index >= 15 is 0 Å². The molecule has 21 heteroatoms. The van der Waals surface area contributed by atoms with Gasteiger partial charge in [-0.2, -0.15) is 9.29 Å². The molecule has 1 saturated heterocycles. The molecule has 0 aromatic carbocycles. The minimum absolute atomic E-state index is 0.0883. The molecule has 414 valence electrons. The highest BCUT2D eigenvalue weighted by molar-refractivity contribution is 7.61. The third kappa shape index (κ3) is 32.3. The Labute approximate surface area is 432 Å². The molecule has 1 aliphatic rings. The molecule has 2 heterocycles. The van der Waals surface area contributed by atoms with Crippen LogP contribution in [-0.4, -0.2) is 96.9 Å². The van der Waals surface area contributed by atoms with Crippen LogP contribution < -0.4 is 11.4 Å². The second-order valence-corrected chi connectivity index (χ2v) is 21.4. The fraction of sp³-hybridized carbons (Fsp3) is 0.654. The quantitative estimate of drug-likeness (QED) is 0.0117. The molecular formula is C52H85N3O16P2. The summed E-state index contributed by atoms with van der Waals surface area (Å²) in [6, 6.07) is 1.24. The molecule has 1 aliphatic heterocycles. The van der Waals surface area contributed by atoms with Crippen LogP contribution in [0.5, 0.6) is 0 Å². The number of aromatic nitrogens is 2. The summed E-state index contributed by atoms with van der Waals surface area (Å²) in [5, 5.41) is 31.2. The molecule has 3 unspecified atom stereocenters. The number of esters is 2. The molecule has 7 N–H and O–H groups in total. The number of nitrogen functional groups attached to an aromatic ring is 1. The predicted molar refractivity (Wildman–Crippen MR) is 281 cm³/mol. The molecule has 73 heavy (non-hydrogen) atoms. The van der Waals surface area contributed by atoms with E-state index in [4.69, 9.17) is 29.0 Å². The Morgan fingerprint density at radius 1 is 0.767 bits per heavy atom.